The number of benzene rings is 3. The highest BCUT2D eigenvalue weighted by molar-refractivity contribution is 6.05. The second-order valence-electron chi connectivity index (χ2n) is 10.3. The van der Waals surface area contributed by atoms with Gasteiger partial charge in [0.2, 0.25) is 0 Å². The monoisotopic (exact) mass is 511 g/mol. The minimum absolute atomic E-state index is 0.0846. The van der Waals surface area contributed by atoms with Crippen LogP contribution in [0, 0.1) is 6.92 Å². The Morgan fingerprint density at radius 3 is 2.39 bits per heavy atom. The molecule has 0 saturated heterocycles. The maximum absolute atomic E-state index is 13.2. The number of nitrogens with one attached hydrogen (secondary N) is 2. The molecule has 196 valence electrons. The van der Waals surface area contributed by atoms with Gasteiger partial charge in [0, 0.05) is 5.56 Å². The smallest absolute Gasteiger partial charge is 0.273 e. The summed E-state index contributed by atoms with van der Waals surface area (Å²) in [5.74, 6) is -0.0364. The minimum Gasteiger partial charge on any atom is -0.495 e. The molecule has 1 atom stereocenters. The van der Waals surface area contributed by atoms with Gasteiger partial charge in [-0.15, -0.1) is 5.10 Å². The zero-order chi connectivity index (χ0) is 27.4. The average molecular weight is 512 g/mol. The number of carbonyl (C=O) groups is 2. The van der Waals surface area contributed by atoms with Crippen LogP contribution in [0.25, 0.3) is 5.69 Å². The first-order valence-electron chi connectivity index (χ1n) is 12.5. The lowest BCUT2D eigenvalue weighted by Gasteiger charge is -2.21. The van der Waals surface area contributed by atoms with Crippen LogP contribution in [0.3, 0.4) is 0 Å². The van der Waals surface area contributed by atoms with Gasteiger partial charge in [-0.2, -0.15) is 0 Å². The Hall–Kier alpha value is -4.46. The van der Waals surface area contributed by atoms with Gasteiger partial charge in [-0.1, -0.05) is 68.4 Å². The number of ether oxygens (including phenoxy) is 1. The normalized spacial score (nSPS) is 12.1. The number of aryl methyl sites for hydroxylation is 1. The predicted octanol–water partition coefficient (Wildman–Crippen LogP) is 5.63. The summed E-state index contributed by atoms with van der Waals surface area (Å²) in [6, 6.07) is 20.6. The van der Waals surface area contributed by atoms with E-state index in [1.807, 2.05) is 68.4 Å². The van der Waals surface area contributed by atoms with Crippen LogP contribution in [0.4, 0.5) is 5.69 Å². The first-order chi connectivity index (χ1) is 18.1. The second-order valence-corrected chi connectivity index (χ2v) is 10.3. The van der Waals surface area contributed by atoms with Crippen LogP contribution < -0.4 is 15.4 Å². The number of methoxy groups -OCH3 is 1. The van der Waals surface area contributed by atoms with Crippen molar-refractivity contribution in [3.63, 3.8) is 0 Å². The Balaban J connectivity index is 1.54. The van der Waals surface area contributed by atoms with E-state index in [1.165, 1.54) is 4.68 Å². The zero-order valence-electron chi connectivity index (χ0n) is 22.6. The van der Waals surface area contributed by atoms with Gasteiger partial charge in [0.05, 0.1) is 30.7 Å². The number of hydrogen-bond donors (Lipinski definition) is 2. The molecule has 4 aromatic rings. The highest BCUT2D eigenvalue weighted by Crippen LogP contribution is 2.32. The number of amides is 2. The van der Waals surface area contributed by atoms with Crippen molar-refractivity contribution in [3.8, 4) is 11.4 Å². The van der Waals surface area contributed by atoms with Crippen molar-refractivity contribution in [2.45, 2.75) is 46.1 Å². The van der Waals surface area contributed by atoms with Crippen molar-refractivity contribution in [1.82, 2.24) is 20.3 Å². The Labute approximate surface area is 223 Å². The molecule has 0 bridgehead atoms. The molecule has 1 heterocycles. The van der Waals surface area contributed by atoms with Gasteiger partial charge >= 0.3 is 0 Å². The molecular formula is C30H33N5O3. The molecule has 0 fully saturated rings. The van der Waals surface area contributed by atoms with E-state index in [0.717, 1.165) is 16.7 Å². The summed E-state index contributed by atoms with van der Waals surface area (Å²) in [5.41, 5.74) is 4.73. The Morgan fingerprint density at radius 1 is 0.974 bits per heavy atom. The van der Waals surface area contributed by atoms with Crippen LogP contribution >= 0.6 is 0 Å². The first-order valence-corrected chi connectivity index (χ1v) is 12.5. The van der Waals surface area contributed by atoms with E-state index >= 15 is 0 Å². The number of anilines is 1. The molecule has 0 aliphatic carbocycles. The van der Waals surface area contributed by atoms with E-state index in [4.69, 9.17) is 4.74 Å². The first kappa shape index (κ1) is 26.6. The van der Waals surface area contributed by atoms with Crippen molar-refractivity contribution >= 4 is 17.5 Å². The molecular weight excluding hydrogens is 478 g/mol. The van der Waals surface area contributed by atoms with Crippen molar-refractivity contribution in [2.24, 2.45) is 0 Å². The topological polar surface area (TPSA) is 98.1 Å². The lowest BCUT2D eigenvalue weighted by molar-refractivity contribution is 0.0934. The molecule has 0 unspecified atom stereocenters. The maximum Gasteiger partial charge on any atom is 0.273 e. The van der Waals surface area contributed by atoms with Crippen molar-refractivity contribution < 1.29 is 14.3 Å². The van der Waals surface area contributed by atoms with Crippen LogP contribution in [0.1, 0.15) is 71.3 Å². The molecule has 0 radical (unpaired) electrons. The van der Waals surface area contributed by atoms with Crippen molar-refractivity contribution in [2.75, 3.05) is 12.4 Å². The van der Waals surface area contributed by atoms with Gasteiger partial charge in [-0.3, -0.25) is 9.59 Å². The van der Waals surface area contributed by atoms with Crippen LogP contribution in [-0.2, 0) is 5.41 Å². The van der Waals surface area contributed by atoms with E-state index < -0.39 is 0 Å². The summed E-state index contributed by atoms with van der Waals surface area (Å²) in [6.07, 6.45) is 1.56. The van der Waals surface area contributed by atoms with E-state index in [1.54, 1.807) is 25.4 Å². The zero-order valence-corrected chi connectivity index (χ0v) is 22.6. The van der Waals surface area contributed by atoms with E-state index in [2.05, 4.69) is 41.7 Å². The summed E-state index contributed by atoms with van der Waals surface area (Å²) >= 11 is 0. The fraction of sp³-hybridized carbons (Fsp3) is 0.267. The Kier molecular flexibility index (Phi) is 7.62. The number of nitrogens with zero attached hydrogens (tertiary/aromatic N) is 3. The van der Waals surface area contributed by atoms with E-state index in [9.17, 15) is 9.59 Å². The Bertz CT molecular complexity index is 1450. The average Bonchev–Trinajstić information content (AvgIpc) is 3.39. The molecule has 3 aromatic carbocycles. The van der Waals surface area contributed by atoms with Crippen LogP contribution in [0.5, 0.6) is 5.75 Å². The maximum atomic E-state index is 13.2. The quantitative estimate of drug-likeness (QED) is 0.335. The summed E-state index contributed by atoms with van der Waals surface area (Å²) in [4.78, 5) is 26.0. The van der Waals surface area contributed by atoms with Gasteiger partial charge in [0.15, 0.2) is 5.69 Å². The lowest BCUT2D eigenvalue weighted by atomic mass is 9.87. The molecule has 2 N–H and O–H groups in total. The standard InChI is InChI=1S/C30H33N5O3/c1-19-12-13-22(28(36)32-24-17-23(30(3,4)5)14-15-27(24)38-6)16-26(19)35-18-25(33-34-35)29(37)31-20(2)21-10-8-7-9-11-21/h7-18,20H,1-6H3,(H,31,37)(H,32,36)/t20-/m1/s1. The van der Waals surface area contributed by atoms with Gasteiger partial charge in [-0.25, -0.2) is 4.68 Å². The number of carbonyl (C=O) groups excluding carboxylic acids is 2. The van der Waals surface area contributed by atoms with Crippen LogP contribution in [0.2, 0.25) is 0 Å². The third-order valence-electron chi connectivity index (χ3n) is 6.41. The largest absolute Gasteiger partial charge is 0.495 e. The number of rotatable bonds is 7. The molecule has 0 saturated carbocycles. The highest BCUT2D eigenvalue weighted by Gasteiger charge is 2.19. The highest BCUT2D eigenvalue weighted by atomic mass is 16.5. The molecule has 8 nitrogen and oxygen atoms in total. The number of aromatic nitrogens is 3. The van der Waals surface area contributed by atoms with Gasteiger partial charge < -0.3 is 15.4 Å². The summed E-state index contributed by atoms with van der Waals surface area (Å²) in [5, 5.41) is 14.1. The third kappa shape index (κ3) is 5.91. The van der Waals surface area contributed by atoms with Gasteiger partial charge in [-0.05, 0) is 60.2 Å². The van der Waals surface area contributed by atoms with Crippen LogP contribution in [0.15, 0.2) is 72.9 Å². The fourth-order valence-electron chi connectivity index (χ4n) is 4.05. The summed E-state index contributed by atoms with van der Waals surface area (Å²) in [7, 11) is 1.57. The molecule has 0 spiro atoms. The number of hydrogen-bond acceptors (Lipinski definition) is 5. The summed E-state index contributed by atoms with van der Waals surface area (Å²) < 4.78 is 6.98. The van der Waals surface area contributed by atoms with Crippen LogP contribution in [-0.4, -0.2) is 33.9 Å². The van der Waals surface area contributed by atoms with Crippen molar-refractivity contribution in [3.05, 3.63) is 101 Å². The molecule has 2 amide bonds. The molecule has 1 aromatic heterocycles. The minimum atomic E-state index is -0.329. The van der Waals surface area contributed by atoms with Crippen molar-refractivity contribution in [1.29, 1.82) is 0 Å². The third-order valence-corrected chi connectivity index (χ3v) is 6.41. The lowest BCUT2D eigenvalue weighted by Crippen LogP contribution is -2.26. The predicted molar refractivity (Wildman–Crippen MR) is 148 cm³/mol. The molecule has 4 rings (SSSR count). The van der Waals surface area contributed by atoms with Gasteiger partial charge in [0.1, 0.15) is 5.75 Å². The Morgan fingerprint density at radius 2 is 1.71 bits per heavy atom. The van der Waals surface area contributed by atoms with E-state index in [0.29, 0.717) is 22.7 Å². The fourth-order valence-corrected chi connectivity index (χ4v) is 4.05. The molecule has 0 aliphatic rings. The second kappa shape index (κ2) is 10.9. The van der Waals surface area contributed by atoms with E-state index in [-0.39, 0.29) is 29.0 Å². The molecule has 38 heavy (non-hydrogen) atoms. The summed E-state index contributed by atoms with van der Waals surface area (Å²) in [6.45, 7) is 10.2. The van der Waals surface area contributed by atoms with Gasteiger partial charge in [0.25, 0.3) is 11.8 Å². The molecule has 8 heteroatoms. The SMILES string of the molecule is COc1ccc(C(C)(C)C)cc1NC(=O)c1ccc(C)c(-n2cc(C(=O)N[C@H](C)c3ccccc3)nn2)c1. The molecule has 0 aliphatic heterocycles.